The van der Waals surface area contributed by atoms with Gasteiger partial charge in [0.25, 0.3) is 5.69 Å². The first kappa shape index (κ1) is 18.3. The van der Waals surface area contributed by atoms with E-state index in [1.807, 2.05) is 6.92 Å². The predicted molar refractivity (Wildman–Crippen MR) is 91.2 cm³/mol. The van der Waals surface area contributed by atoms with E-state index in [0.29, 0.717) is 17.9 Å². The first-order chi connectivity index (χ1) is 12.0. The number of nitro groups is 1. The molecule has 0 heterocycles. The fourth-order valence-corrected chi connectivity index (χ4v) is 2.16. The van der Waals surface area contributed by atoms with E-state index in [1.165, 1.54) is 18.2 Å². The molecule has 0 spiro atoms. The third-order valence-electron chi connectivity index (χ3n) is 3.35. The summed E-state index contributed by atoms with van der Waals surface area (Å²) in [6.45, 7) is 4.35. The highest BCUT2D eigenvalue weighted by molar-refractivity contribution is 5.90. The van der Waals surface area contributed by atoms with Crippen LogP contribution in [0.5, 0.6) is 11.5 Å². The summed E-state index contributed by atoms with van der Waals surface area (Å²) in [4.78, 5) is 22.2. The Hall–Kier alpha value is -3.09. The average molecular weight is 345 g/mol. The minimum Gasteiger partial charge on any atom is -0.494 e. The highest BCUT2D eigenvalue weighted by Crippen LogP contribution is 2.19. The lowest BCUT2D eigenvalue weighted by atomic mass is 10.1. The predicted octanol–water partition coefficient (Wildman–Crippen LogP) is 3.54. The molecule has 0 aliphatic rings. The number of hydrogen-bond acceptors (Lipinski definition) is 6. The van der Waals surface area contributed by atoms with Crippen molar-refractivity contribution in [1.29, 1.82) is 0 Å². The quantitative estimate of drug-likeness (QED) is 0.315. The van der Waals surface area contributed by atoms with Crippen molar-refractivity contribution in [3.8, 4) is 11.5 Å². The molecule has 2 rings (SSSR count). The van der Waals surface area contributed by atoms with Crippen molar-refractivity contribution in [3.63, 3.8) is 0 Å². The van der Waals surface area contributed by atoms with E-state index in [9.17, 15) is 14.9 Å². The minimum absolute atomic E-state index is 0.0321. The maximum absolute atomic E-state index is 11.9. The van der Waals surface area contributed by atoms with Crippen LogP contribution in [0.2, 0.25) is 0 Å². The number of esters is 1. The van der Waals surface area contributed by atoms with Gasteiger partial charge in [-0.25, -0.2) is 4.79 Å². The van der Waals surface area contributed by atoms with E-state index in [4.69, 9.17) is 14.2 Å². The number of hydrogen-bond donors (Lipinski definition) is 0. The fraction of sp³-hybridized carbons (Fsp3) is 0.278. The Labute approximate surface area is 145 Å². The van der Waals surface area contributed by atoms with Gasteiger partial charge < -0.3 is 14.2 Å². The number of rotatable bonds is 8. The summed E-state index contributed by atoms with van der Waals surface area (Å²) in [7, 11) is 0. The molecule has 0 unspecified atom stereocenters. The molecular weight excluding hydrogens is 326 g/mol. The largest absolute Gasteiger partial charge is 0.494 e. The number of carbonyl (C=O) groups is 1. The monoisotopic (exact) mass is 345 g/mol. The maximum atomic E-state index is 11.9. The van der Waals surface area contributed by atoms with Crippen LogP contribution in [0.1, 0.15) is 22.8 Å². The van der Waals surface area contributed by atoms with Crippen molar-refractivity contribution >= 4 is 11.7 Å². The Morgan fingerprint density at radius 1 is 1.04 bits per heavy atom. The van der Waals surface area contributed by atoms with Crippen molar-refractivity contribution in [2.24, 2.45) is 0 Å². The molecule has 132 valence electrons. The molecule has 0 aromatic heterocycles. The second kappa shape index (κ2) is 8.68. The molecular formula is C18H19NO6. The number of nitro benzene ring substituents is 1. The van der Waals surface area contributed by atoms with Crippen LogP contribution >= 0.6 is 0 Å². The van der Waals surface area contributed by atoms with E-state index in [0.717, 1.165) is 5.75 Å². The van der Waals surface area contributed by atoms with Crippen LogP contribution in [0.25, 0.3) is 0 Å². The summed E-state index contributed by atoms with van der Waals surface area (Å²) >= 11 is 0. The maximum Gasteiger partial charge on any atom is 0.338 e. The van der Waals surface area contributed by atoms with Crippen LogP contribution in [0, 0.1) is 17.0 Å². The summed E-state index contributed by atoms with van der Waals surface area (Å²) in [6.07, 6.45) is 0. The first-order valence-electron chi connectivity index (χ1n) is 7.79. The molecule has 0 amide bonds. The molecule has 2 aromatic rings. The molecule has 0 radical (unpaired) electrons. The van der Waals surface area contributed by atoms with E-state index in [-0.39, 0.29) is 24.5 Å². The van der Waals surface area contributed by atoms with Crippen LogP contribution in [0.4, 0.5) is 5.69 Å². The average Bonchev–Trinajstić information content (AvgIpc) is 2.59. The van der Waals surface area contributed by atoms with Crippen LogP contribution in [-0.4, -0.2) is 30.7 Å². The summed E-state index contributed by atoms with van der Waals surface area (Å²) in [5.41, 5.74) is 0.643. The van der Waals surface area contributed by atoms with Crippen molar-refractivity contribution in [3.05, 3.63) is 63.7 Å². The molecule has 7 nitrogen and oxygen atoms in total. The van der Waals surface area contributed by atoms with Crippen molar-refractivity contribution in [2.75, 3.05) is 19.8 Å². The van der Waals surface area contributed by atoms with E-state index in [1.54, 1.807) is 31.2 Å². The summed E-state index contributed by atoms with van der Waals surface area (Å²) < 4.78 is 15.9. The van der Waals surface area contributed by atoms with E-state index < -0.39 is 10.9 Å². The van der Waals surface area contributed by atoms with Gasteiger partial charge in [0.2, 0.25) is 0 Å². The lowest BCUT2D eigenvalue weighted by molar-refractivity contribution is -0.385. The van der Waals surface area contributed by atoms with Gasteiger partial charge in [-0.15, -0.1) is 0 Å². The van der Waals surface area contributed by atoms with Gasteiger partial charge in [0, 0.05) is 11.6 Å². The lowest BCUT2D eigenvalue weighted by Crippen LogP contribution is -2.12. The first-order valence-corrected chi connectivity index (χ1v) is 7.79. The lowest BCUT2D eigenvalue weighted by Gasteiger charge is -2.09. The number of benzene rings is 2. The molecule has 0 aliphatic carbocycles. The highest BCUT2D eigenvalue weighted by atomic mass is 16.6. The van der Waals surface area contributed by atoms with Gasteiger partial charge in [-0.05, 0) is 50.2 Å². The second-order valence-corrected chi connectivity index (χ2v) is 5.15. The summed E-state index contributed by atoms with van der Waals surface area (Å²) in [5, 5.41) is 10.8. The van der Waals surface area contributed by atoms with Gasteiger partial charge in [-0.3, -0.25) is 10.1 Å². The Bertz CT molecular complexity index is 742. The summed E-state index contributed by atoms with van der Waals surface area (Å²) in [5.74, 6) is 0.855. The van der Waals surface area contributed by atoms with Crippen molar-refractivity contribution in [1.82, 2.24) is 0 Å². The molecule has 7 heteroatoms. The van der Waals surface area contributed by atoms with Gasteiger partial charge >= 0.3 is 5.97 Å². The molecule has 0 bridgehead atoms. The molecule has 0 aliphatic heterocycles. The molecule has 0 saturated heterocycles. The third-order valence-corrected chi connectivity index (χ3v) is 3.35. The number of aryl methyl sites for hydroxylation is 1. The highest BCUT2D eigenvalue weighted by Gasteiger charge is 2.14. The number of nitrogens with zero attached hydrogens (tertiary/aromatic N) is 1. The third kappa shape index (κ3) is 5.20. The van der Waals surface area contributed by atoms with Crippen LogP contribution < -0.4 is 9.47 Å². The van der Waals surface area contributed by atoms with Gasteiger partial charge in [0.1, 0.15) is 24.7 Å². The zero-order valence-electron chi connectivity index (χ0n) is 14.1. The Balaban J connectivity index is 1.80. The molecule has 0 saturated carbocycles. The molecule has 2 aromatic carbocycles. The van der Waals surface area contributed by atoms with E-state index >= 15 is 0 Å². The van der Waals surface area contributed by atoms with E-state index in [2.05, 4.69) is 0 Å². The number of carbonyl (C=O) groups excluding carboxylic acids is 1. The fourth-order valence-electron chi connectivity index (χ4n) is 2.16. The minimum atomic E-state index is -0.548. The molecule has 25 heavy (non-hydrogen) atoms. The number of ether oxygens (including phenoxy) is 3. The standard InChI is InChI=1S/C18H19NO6/c1-3-23-15-5-7-16(8-6-15)24-10-11-25-18(20)14-4-9-17(19(21)22)13(2)12-14/h4-9,12H,3,10-11H2,1-2H3. The van der Waals surface area contributed by atoms with Crippen LogP contribution in [0.15, 0.2) is 42.5 Å². The topological polar surface area (TPSA) is 87.9 Å². The van der Waals surface area contributed by atoms with Crippen molar-refractivity contribution < 1.29 is 23.9 Å². The molecule has 0 N–H and O–H groups in total. The Morgan fingerprint density at radius 2 is 1.68 bits per heavy atom. The van der Waals surface area contributed by atoms with Gasteiger partial charge in [-0.1, -0.05) is 0 Å². The zero-order chi connectivity index (χ0) is 18.2. The Kier molecular flexibility index (Phi) is 6.33. The summed E-state index contributed by atoms with van der Waals surface area (Å²) in [6, 6.07) is 11.2. The van der Waals surface area contributed by atoms with Gasteiger partial charge in [0.05, 0.1) is 17.1 Å². The van der Waals surface area contributed by atoms with Crippen molar-refractivity contribution in [2.45, 2.75) is 13.8 Å². The van der Waals surface area contributed by atoms with Crippen LogP contribution in [0.3, 0.4) is 0 Å². The zero-order valence-corrected chi connectivity index (χ0v) is 14.1. The smallest absolute Gasteiger partial charge is 0.338 e. The molecule has 0 atom stereocenters. The van der Waals surface area contributed by atoms with Crippen LogP contribution in [-0.2, 0) is 4.74 Å². The Morgan fingerprint density at radius 3 is 2.24 bits per heavy atom. The van der Waals surface area contributed by atoms with Gasteiger partial charge in [-0.2, -0.15) is 0 Å². The van der Waals surface area contributed by atoms with Gasteiger partial charge in [0.15, 0.2) is 0 Å². The molecule has 0 fully saturated rings. The second-order valence-electron chi connectivity index (χ2n) is 5.15. The SMILES string of the molecule is CCOc1ccc(OCCOC(=O)c2ccc([N+](=O)[O-])c(C)c2)cc1. The normalized spacial score (nSPS) is 10.2.